The summed E-state index contributed by atoms with van der Waals surface area (Å²) in [7, 11) is 0. The molecule has 0 saturated carbocycles. The van der Waals surface area contributed by atoms with Crippen molar-refractivity contribution in [2.75, 3.05) is 0 Å². The maximum absolute atomic E-state index is 2.29. The molecule has 0 radical (unpaired) electrons. The van der Waals surface area contributed by atoms with Gasteiger partial charge in [-0.2, -0.15) is 0 Å². The summed E-state index contributed by atoms with van der Waals surface area (Å²) in [4.78, 5) is 1.34. The molecule has 0 atom stereocenters. The molecule has 0 aliphatic heterocycles. The normalized spacial score (nSPS) is 10.4. The summed E-state index contributed by atoms with van der Waals surface area (Å²) in [6, 6.07) is 25.9. The van der Waals surface area contributed by atoms with E-state index in [1.54, 1.807) is 6.49 Å². The van der Waals surface area contributed by atoms with Crippen molar-refractivity contribution in [3.63, 3.8) is 0 Å². The molecule has 0 aliphatic rings. The van der Waals surface area contributed by atoms with Crippen molar-refractivity contribution in [3.8, 4) is 9.14 Å². The van der Waals surface area contributed by atoms with Crippen molar-refractivity contribution in [3.05, 3.63) is 72.8 Å². The van der Waals surface area contributed by atoms with Gasteiger partial charge in [0.15, 0.2) is 0 Å². The molecule has 0 unspecified atom stereocenters. The Bertz CT molecular complexity index is 614. The van der Waals surface area contributed by atoms with Crippen LogP contribution in [0.15, 0.2) is 80.6 Å². The van der Waals surface area contributed by atoms with Gasteiger partial charge in [0.2, 0.25) is 0 Å². The molecule has 0 bridgehead atoms. The van der Waals surface area contributed by atoms with Crippen LogP contribution in [0.1, 0.15) is 0 Å². The number of hydrogen-bond donors (Lipinski definition) is 0. The Kier molecular flexibility index (Phi) is 3.90. The van der Waals surface area contributed by atoms with Gasteiger partial charge >= 0.3 is 122 Å². The van der Waals surface area contributed by atoms with E-state index < -0.39 is 0 Å². The first kappa shape index (κ1) is 12.1. The SMILES string of the molecule is c1ccc(Sc2ccc(-c3ccccc3)[te]2)cc1. The molecular formula is C16H12STe. The molecule has 1 heterocycles. The molecule has 0 fully saturated rings. The summed E-state index contributed by atoms with van der Waals surface area (Å²) in [5.74, 6) is 0. The Labute approximate surface area is 121 Å². The molecule has 18 heavy (non-hydrogen) atoms. The molecule has 3 aromatic rings. The number of rotatable bonds is 3. The van der Waals surface area contributed by atoms with Crippen molar-refractivity contribution in [2.45, 2.75) is 7.81 Å². The summed E-state index contributed by atoms with van der Waals surface area (Å²) in [6.07, 6.45) is 0. The van der Waals surface area contributed by atoms with E-state index >= 15 is 0 Å². The van der Waals surface area contributed by atoms with Crippen molar-refractivity contribution < 1.29 is 0 Å². The van der Waals surface area contributed by atoms with Crippen LogP contribution >= 0.6 is 11.8 Å². The van der Waals surface area contributed by atoms with E-state index in [0.29, 0.717) is 0 Å². The number of benzene rings is 2. The zero-order valence-electron chi connectivity index (χ0n) is 9.74. The first-order chi connectivity index (χ1) is 8.92. The van der Waals surface area contributed by atoms with E-state index in [-0.39, 0.29) is 20.4 Å². The molecule has 1 aromatic heterocycles. The second kappa shape index (κ2) is 5.80. The van der Waals surface area contributed by atoms with Gasteiger partial charge in [0.25, 0.3) is 0 Å². The van der Waals surface area contributed by atoms with Crippen LogP contribution in [0, 0.1) is 0 Å². The van der Waals surface area contributed by atoms with E-state index in [1.807, 2.05) is 11.8 Å². The van der Waals surface area contributed by atoms with Gasteiger partial charge < -0.3 is 0 Å². The third-order valence-electron chi connectivity index (χ3n) is 2.60. The summed E-state index contributed by atoms with van der Waals surface area (Å²) in [5, 5.41) is 0. The van der Waals surface area contributed by atoms with Crippen LogP contribution < -0.4 is 0 Å². The fourth-order valence-electron chi connectivity index (χ4n) is 1.74. The van der Waals surface area contributed by atoms with Crippen LogP contribution in [0.25, 0.3) is 9.14 Å². The molecule has 0 N–H and O–H groups in total. The van der Waals surface area contributed by atoms with Gasteiger partial charge in [-0.05, 0) is 0 Å². The van der Waals surface area contributed by atoms with Gasteiger partial charge in [0.05, 0.1) is 0 Å². The van der Waals surface area contributed by atoms with Crippen LogP contribution in [-0.2, 0) is 0 Å². The third-order valence-corrected chi connectivity index (χ3v) is 7.37. The third kappa shape index (κ3) is 2.90. The Morgan fingerprint density at radius 3 is 2.06 bits per heavy atom. The van der Waals surface area contributed by atoms with Gasteiger partial charge in [-0.15, -0.1) is 0 Å². The second-order valence-electron chi connectivity index (χ2n) is 3.90. The van der Waals surface area contributed by atoms with Crippen molar-refractivity contribution >= 4 is 32.2 Å². The van der Waals surface area contributed by atoms with Gasteiger partial charge in [0.1, 0.15) is 0 Å². The molecule has 88 valence electrons. The van der Waals surface area contributed by atoms with E-state index in [2.05, 4.69) is 72.8 Å². The molecule has 0 aliphatic carbocycles. The van der Waals surface area contributed by atoms with E-state index in [9.17, 15) is 0 Å². The minimum absolute atomic E-state index is 0.201. The fourth-order valence-corrected chi connectivity index (χ4v) is 6.34. The first-order valence-electron chi connectivity index (χ1n) is 5.80. The van der Waals surface area contributed by atoms with Crippen molar-refractivity contribution in [1.82, 2.24) is 0 Å². The summed E-state index contributed by atoms with van der Waals surface area (Å²) in [6.45, 7) is 0. The second-order valence-corrected chi connectivity index (χ2v) is 8.92. The molecule has 0 saturated heterocycles. The number of hydrogen-bond acceptors (Lipinski definition) is 1. The van der Waals surface area contributed by atoms with Crippen LogP contribution in [0.2, 0.25) is 0 Å². The Balaban J connectivity index is 1.82. The quantitative estimate of drug-likeness (QED) is 0.614. The summed E-state index contributed by atoms with van der Waals surface area (Å²) >= 11 is 1.72. The van der Waals surface area contributed by atoms with Crippen LogP contribution in [0.3, 0.4) is 0 Å². The molecule has 2 aromatic carbocycles. The van der Waals surface area contributed by atoms with E-state index in [0.717, 1.165) is 0 Å². The predicted octanol–water partition coefficient (Wildman–Crippen LogP) is 4.56. The van der Waals surface area contributed by atoms with Gasteiger partial charge in [-0.25, -0.2) is 0 Å². The average Bonchev–Trinajstić information content (AvgIpc) is 2.89. The zero-order valence-corrected chi connectivity index (χ0v) is 12.9. The molecule has 0 amide bonds. The van der Waals surface area contributed by atoms with Crippen LogP contribution in [0.4, 0.5) is 0 Å². The standard InChI is InChI=1S/C16H12STe/c1-3-7-13(8-4-1)15-11-12-16(18-15)17-14-9-5-2-6-10-14/h1-12H. The van der Waals surface area contributed by atoms with Crippen molar-refractivity contribution in [2.24, 2.45) is 0 Å². The Morgan fingerprint density at radius 1 is 0.667 bits per heavy atom. The van der Waals surface area contributed by atoms with E-state index in [1.165, 1.54) is 10.5 Å². The van der Waals surface area contributed by atoms with Crippen LogP contribution in [-0.4, -0.2) is 20.4 Å². The van der Waals surface area contributed by atoms with Crippen LogP contribution in [0.5, 0.6) is 0 Å². The average molecular weight is 364 g/mol. The molecule has 0 spiro atoms. The maximum atomic E-state index is 2.29. The molecular weight excluding hydrogens is 352 g/mol. The minimum atomic E-state index is -0.201. The summed E-state index contributed by atoms with van der Waals surface area (Å²) in [5.41, 5.74) is 1.39. The van der Waals surface area contributed by atoms with Gasteiger partial charge in [-0.1, -0.05) is 0 Å². The fraction of sp³-hybridized carbons (Fsp3) is 0. The zero-order chi connectivity index (χ0) is 12.2. The monoisotopic (exact) mass is 366 g/mol. The molecule has 3 rings (SSSR count). The topological polar surface area (TPSA) is 0 Å². The van der Waals surface area contributed by atoms with Gasteiger partial charge in [0, 0.05) is 0 Å². The Hall–Kier alpha value is -0.940. The first-order valence-corrected chi connectivity index (χ1v) is 8.95. The Morgan fingerprint density at radius 2 is 1.33 bits per heavy atom. The predicted molar refractivity (Wildman–Crippen MR) is 79.4 cm³/mol. The van der Waals surface area contributed by atoms with Crippen molar-refractivity contribution in [1.29, 1.82) is 0 Å². The molecule has 2 heteroatoms. The van der Waals surface area contributed by atoms with Gasteiger partial charge in [-0.3, -0.25) is 0 Å². The summed E-state index contributed by atoms with van der Waals surface area (Å²) < 4.78 is 3.09. The molecule has 0 nitrogen and oxygen atoms in total. The van der Waals surface area contributed by atoms with E-state index in [4.69, 9.17) is 0 Å².